The van der Waals surface area contributed by atoms with Gasteiger partial charge in [-0.15, -0.1) is 0 Å². The summed E-state index contributed by atoms with van der Waals surface area (Å²) in [7, 11) is 0. The Morgan fingerprint density at radius 3 is 2.37 bits per heavy atom. The van der Waals surface area contributed by atoms with Crippen LogP contribution in [0.3, 0.4) is 0 Å². The number of nitrogens with zero attached hydrogens (tertiary/aromatic N) is 4. The molecular formula is C24H38ClN5. The second-order valence-corrected chi connectivity index (χ2v) is 8.87. The molecule has 6 heteroatoms. The largest absolute Gasteiger partial charge is 0.362 e. The lowest BCUT2D eigenvalue weighted by Gasteiger charge is -2.47. The van der Waals surface area contributed by atoms with Crippen molar-refractivity contribution in [3.63, 3.8) is 0 Å². The zero-order chi connectivity index (χ0) is 22.6. The van der Waals surface area contributed by atoms with Crippen molar-refractivity contribution in [2.45, 2.75) is 67.3 Å². The first kappa shape index (κ1) is 24.3. The first-order chi connectivity index (χ1) is 14.1. The predicted octanol–water partition coefficient (Wildman–Crippen LogP) is 5.92. The number of allylic oxidation sites excluding steroid dienone is 3. The first-order valence-corrected chi connectivity index (χ1v) is 11.4. The summed E-state index contributed by atoms with van der Waals surface area (Å²) in [5.74, 6) is 2.20. The molecule has 1 aromatic heterocycles. The summed E-state index contributed by atoms with van der Waals surface area (Å²) in [4.78, 5) is 17.5. The van der Waals surface area contributed by atoms with Crippen LogP contribution in [-0.4, -0.2) is 51.3 Å². The number of rotatable bonds is 9. The molecule has 0 saturated carbocycles. The van der Waals surface area contributed by atoms with Gasteiger partial charge in [0.1, 0.15) is 5.84 Å². The fraction of sp³-hybridized carbons (Fsp3) is 0.583. The Hall–Kier alpha value is -2.01. The van der Waals surface area contributed by atoms with Crippen LogP contribution in [0, 0.1) is 5.92 Å². The molecule has 166 valence electrons. The van der Waals surface area contributed by atoms with Crippen molar-refractivity contribution in [1.82, 2.24) is 19.8 Å². The van der Waals surface area contributed by atoms with Crippen molar-refractivity contribution in [2.75, 3.05) is 19.6 Å². The maximum Gasteiger partial charge on any atom is 0.155 e. The Bertz CT molecular complexity index is 840. The Morgan fingerprint density at radius 2 is 1.90 bits per heavy atom. The van der Waals surface area contributed by atoms with Crippen LogP contribution in [0.25, 0.3) is 5.70 Å². The summed E-state index contributed by atoms with van der Waals surface area (Å²) in [5.41, 5.74) is 5.26. The van der Waals surface area contributed by atoms with E-state index >= 15 is 0 Å². The molecule has 0 spiro atoms. The molecule has 0 unspecified atom stereocenters. The third kappa shape index (κ3) is 5.37. The average Bonchev–Trinajstić information content (AvgIpc) is 3.03. The van der Waals surface area contributed by atoms with Crippen molar-refractivity contribution < 1.29 is 0 Å². The van der Waals surface area contributed by atoms with Gasteiger partial charge in [-0.3, -0.25) is 0 Å². The first-order valence-electron chi connectivity index (χ1n) is 11.0. The van der Waals surface area contributed by atoms with Crippen molar-refractivity contribution in [2.24, 2.45) is 10.9 Å². The van der Waals surface area contributed by atoms with Crippen LogP contribution in [0.4, 0.5) is 0 Å². The molecular weight excluding hydrogens is 394 g/mol. The summed E-state index contributed by atoms with van der Waals surface area (Å²) in [6.07, 6.45) is 1.88. The normalized spacial score (nSPS) is 15.9. The molecule has 1 aliphatic heterocycles. The van der Waals surface area contributed by atoms with E-state index < -0.39 is 0 Å². The maximum atomic E-state index is 6.25. The van der Waals surface area contributed by atoms with Crippen LogP contribution in [0.5, 0.6) is 0 Å². The van der Waals surface area contributed by atoms with E-state index in [-0.39, 0.29) is 0 Å². The fourth-order valence-electron chi connectivity index (χ4n) is 3.70. The van der Waals surface area contributed by atoms with Gasteiger partial charge in [-0.1, -0.05) is 58.0 Å². The molecule has 0 bridgehead atoms. The van der Waals surface area contributed by atoms with Gasteiger partial charge in [0.25, 0.3) is 0 Å². The Morgan fingerprint density at radius 1 is 1.27 bits per heavy atom. The second kappa shape index (κ2) is 10.3. The third-order valence-electron chi connectivity index (χ3n) is 5.78. The summed E-state index contributed by atoms with van der Waals surface area (Å²) < 4.78 is 0. The molecule has 1 saturated heterocycles. The quantitative estimate of drug-likeness (QED) is 0.300. The van der Waals surface area contributed by atoms with Crippen molar-refractivity contribution in [3.05, 3.63) is 46.7 Å². The van der Waals surface area contributed by atoms with Crippen LogP contribution in [0.1, 0.15) is 66.4 Å². The monoisotopic (exact) mass is 431 g/mol. The van der Waals surface area contributed by atoms with Gasteiger partial charge in [0.2, 0.25) is 0 Å². The summed E-state index contributed by atoms with van der Waals surface area (Å²) in [5, 5.41) is 0.546. The number of amidine groups is 1. The number of aryl methyl sites for hydroxylation is 1. The number of H-pyrrole nitrogens is 1. The van der Waals surface area contributed by atoms with Gasteiger partial charge in [-0.2, -0.15) is 0 Å². The molecule has 5 nitrogen and oxygen atoms in total. The molecule has 30 heavy (non-hydrogen) atoms. The van der Waals surface area contributed by atoms with Crippen LogP contribution in [0.15, 0.2) is 35.0 Å². The predicted molar refractivity (Wildman–Crippen MR) is 130 cm³/mol. The van der Waals surface area contributed by atoms with Crippen LogP contribution >= 0.6 is 11.6 Å². The number of imidazole rings is 1. The van der Waals surface area contributed by atoms with E-state index in [1.54, 1.807) is 0 Å². The van der Waals surface area contributed by atoms with Crippen molar-refractivity contribution in [3.8, 4) is 0 Å². The standard InChI is InChI=1S/C24H38ClN5/c1-10-12-30(18(8)24-27-21(11-2)23(25)28-24)20-13-29(14-20)19(9)26-22(16(5)6)17(7)15(3)4/h16,20H,3,8,10-14H2,1-2,4-7,9H3,(H,27,28)/b22-17+,26-19?. The van der Waals surface area contributed by atoms with Gasteiger partial charge in [0.15, 0.2) is 11.0 Å². The van der Waals surface area contributed by atoms with Gasteiger partial charge in [0.05, 0.1) is 17.4 Å². The molecule has 0 radical (unpaired) electrons. The highest BCUT2D eigenvalue weighted by Crippen LogP contribution is 2.27. The lowest BCUT2D eigenvalue weighted by atomic mass is 10.0. The second-order valence-electron chi connectivity index (χ2n) is 8.51. The molecule has 0 atom stereocenters. The number of hydrogen-bond donors (Lipinski definition) is 1. The highest BCUT2D eigenvalue weighted by molar-refractivity contribution is 6.30. The number of halogens is 1. The molecule has 1 fully saturated rings. The van der Waals surface area contributed by atoms with Gasteiger partial charge >= 0.3 is 0 Å². The minimum Gasteiger partial charge on any atom is -0.362 e. The Kier molecular flexibility index (Phi) is 8.36. The number of aliphatic imine (C=N–C) groups is 1. The number of nitrogens with one attached hydrogen (secondary N) is 1. The minimum absolute atomic E-state index is 0.363. The molecule has 1 aromatic rings. The average molecular weight is 432 g/mol. The molecule has 2 rings (SSSR count). The lowest BCUT2D eigenvalue weighted by Crippen LogP contribution is -2.60. The molecule has 0 aliphatic carbocycles. The number of hydrogen-bond acceptors (Lipinski definition) is 3. The van der Waals surface area contributed by atoms with Crippen molar-refractivity contribution >= 4 is 23.1 Å². The number of aromatic amines is 1. The van der Waals surface area contributed by atoms with Gasteiger partial charge < -0.3 is 14.8 Å². The number of aromatic nitrogens is 2. The Labute approximate surface area is 187 Å². The van der Waals surface area contributed by atoms with Gasteiger partial charge in [0, 0.05) is 25.3 Å². The minimum atomic E-state index is 0.363. The number of likely N-dealkylation sites (tertiary alicyclic amines) is 1. The van der Waals surface area contributed by atoms with E-state index in [0.717, 1.165) is 66.8 Å². The molecule has 0 amide bonds. The van der Waals surface area contributed by atoms with E-state index in [4.69, 9.17) is 16.6 Å². The third-order valence-corrected chi connectivity index (χ3v) is 6.09. The summed E-state index contributed by atoms with van der Waals surface area (Å²) in [6, 6.07) is 0.394. The topological polar surface area (TPSA) is 47.5 Å². The van der Waals surface area contributed by atoms with E-state index in [9.17, 15) is 0 Å². The van der Waals surface area contributed by atoms with Gasteiger partial charge in [-0.05, 0) is 45.1 Å². The van der Waals surface area contributed by atoms with E-state index in [0.29, 0.717) is 17.1 Å². The highest BCUT2D eigenvalue weighted by atomic mass is 35.5. The fourth-order valence-corrected chi connectivity index (χ4v) is 3.97. The van der Waals surface area contributed by atoms with Crippen LogP contribution < -0.4 is 0 Å². The molecule has 0 aromatic carbocycles. The Balaban J connectivity index is 2.14. The van der Waals surface area contributed by atoms with Gasteiger partial charge in [-0.25, -0.2) is 9.98 Å². The van der Waals surface area contributed by atoms with Crippen LogP contribution in [-0.2, 0) is 6.42 Å². The lowest BCUT2D eigenvalue weighted by molar-refractivity contribution is 0.127. The summed E-state index contributed by atoms with van der Waals surface area (Å²) in [6.45, 7) is 26.1. The highest BCUT2D eigenvalue weighted by Gasteiger charge is 2.34. The SMILES string of the molecule is C=C(C)/C(C)=C(/N=C(C)N1CC(N(CCC)C(=C)c2nc(Cl)c(CC)[nH]2)C1)C(C)C. The van der Waals surface area contributed by atoms with Crippen LogP contribution in [0.2, 0.25) is 5.15 Å². The molecule has 1 N–H and O–H groups in total. The molecule has 2 heterocycles. The zero-order valence-electron chi connectivity index (χ0n) is 19.8. The van der Waals surface area contributed by atoms with E-state index in [1.165, 1.54) is 5.57 Å². The molecule has 1 aliphatic rings. The summed E-state index contributed by atoms with van der Waals surface area (Å²) >= 11 is 6.25. The smallest absolute Gasteiger partial charge is 0.155 e. The zero-order valence-corrected chi connectivity index (χ0v) is 20.5. The van der Waals surface area contributed by atoms with E-state index in [1.807, 2.05) is 6.92 Å². The van der Waals surface area contributed by atoms with Crippen molar-refractivity contribution in [1.29, 1.82) is 0 Å². The van der Waals surface area contributed by atoms with E-state index in [2.05, 4.69) is 74.5 Å². The maximum absolute atomic E-state index is 6.25.